The van der Waals surface area contributed by atoms with Crippen LogP contribution >= 0.6 is 0 Å². The molecule has 2 rings (SSSR count). The first-order valence-electron chi connectivity index (χ1n) is 7.07. The summed E-state index contributed by atoms with van der Waals surface area (Å²) >= 11 is 0. The minimum atomic E-state index is 0.0957. The average molecular weight is 283 g/mol. The van der Waals surface area contributed by atoms with E-state index in [-0.39, 0.29) is 5.78 Å². The van der Waals surface area contributed by atoms with Crippen LogP contribution in [0, 0.1) is 13.8 Å². The van der Waals surface area contributed by atoms with Gasteiger partial charge in [0.15, 0.2) is 5.78 Å². The SMILES string of the molecule is CNCC(=O)c1cc(C)c(OCc2ccccc2)c(C)c1. The number of aryl methyl sites for hydroxylation is 2. The van der Waals surface area contributed by atoms with Crippen LogP contribution in [0.4, 0.5) is 0 Å². The van der Waals surface area contributed by atoms with Gasteiger partial charge in [0, 0.05) is 5.56 Å². The molecule has 0 aliphatic carbocycles. The van der Waals surface area contributed by atoms with E-state index in [0.29, 0.717) is 13.2 Å². The van der Waals surface area contributed by atoms with Gasteiger partial charge in [-0.05, 0) is 49.7 Å². The highest BCUT2D eigenvalue weighted by Crippen LogP contribution is 2.26. The van der Waals surface area contributed by atoms with E-state index in [0.717, 1.165) is 28.0 Å². The Morgan fingerprint density at radius 2 is 1.71 bits per heavy atom. The molecule has 3 heteroatoms. The summed E-state index contributed by atoms with van der Waals surface area (Å²) in [6.45, 7) is 4.84. The van der Waals surface area contributed by atoms with Crippen LogP contribution in [0.2, 0.25) is 0 Å². The van der Waals surface area contributed by atoms with Gasteiger partial charge in [-0.3, -0.25) is 4.79 Å². The molecule has 0 aliphatic heterocycles. The van der Waals surface area contributed by atoms with Crippen molar-refractivity contribution in [2.24, 2.45) is 0 Å². The molecule has 0 unspecified atom stereocenters. The zero-order valence-corrected chi connectivity index (χ0v) is 12.8. The normalized spacial score (nSPS) is 10.4. The molecule has 0 saturated carbocycles. The van der Waals surface area contributed by atoms with E-state index in [1.807, 2.05) is 56.3 Å². The van der Waals surface area contributed by atoms with Gasteiger partial charge >= 0.3 is 0 Å². The molecule has 21 heavy (non-hydrogen) atoms. The maximum Gasteiger partial charge on any atom is 0.176 e. The minimum Gasteiger partial charge on any atom is -0.488 e. The second-order valence-electron chi connectivity index (χ2n) is 5.17. The third-order valence-corrected chi connectivity index (χ3v) is 3.35. The summed E-state index contributed by atoms with van der Waals surface area (Å²) in [6, 6.07) is 13.9. The summed E-state index contributed by atoms with van der Waals surface area (Å²) in [6.07, 6.45) is 0. The second-order valence-corrected chi connectivity index (χ2v) is 5.17. The Balaban J connectivity index is 2.15. The summed E-state index contributed by atoms with van der Waals surface area (Å²) in [5.74, 6) is 0.957. The van der Waals surface area contributed by atoms with Gasteiger partial charge in [0.25, 0.3) is 0 Å². The summed E-state index contributed by atoms with van der Waals surface area (Å²) in [5, 5.41) is 2.89. The number of nitrogens with one attached hydrogen (secondary N) is 1. The highest BCUT2D eigenvalue weighted by molar-refractivity contribution is 5.98. The van der Waals surface area contributed by atoms with Gasteiger partial charge < -0.3 is 10.1 Å². The van der Waals surface area contributed by atoms with E-state index in [2.05, 4.69) is 5.32 Å². The van der Waals surface area contributed by atoms with Crippen molar-refractivity contribution >= 4 is 5.78 Å². The predicted octanol–water partition coefficient (Wildman–Crippen LogP) is 3.28. The van der Waals surface area contributed by atoms with Crippen molar-refractivity contribution in [1.29, 1.82) is 0 Å². The highest BCUT2D eigenvalue weighted by atomic mass is 16.5. The van der Waals surface area contributed by atoms with E-state index < -0.39 is 0 Å². The molecule has 0 atom stereocenters. The molecular weight excluding hydrogens is 262 g/mol. The fraction of sp³-hybridized carbons (Fsp3) is 0.278. The molecule has 110 valence electrons. The Labute approximate surface area is 126 Å². The van der Waals surface area contributed by atoms with Crippen LogP contribution in [0.1, 0.15) is 27.0 Å². The predicted molar refractivity (Wildman–Crippen MR) is 84.9 cm³/mol. The molecule has 0 aromatic heterocycles. The smallest absolute Gasteiger partial charge is 0.176 e. The van der Waals surface area contributed by atoms with Crippen LogP contribution in [0.3, 0.4) is 0 Å². The highest BCUT2D eigenvalue weighted by Gasteiger charge is 2.11. The van der Waals surface area contributed by atoms with Crippen molar-refractivity contribution in [3.8, 4) is 5.75 Å². The summed E-state index contributed by atoms with van der Waals surface area (Å²) < 4.78 is 5.92. The molecule has 3 nitrogen and oxygen atoms in total. The fourth-order valence-electron chi connectivity index (χ4n) is 2.33. The van der Waals surface area contributed by atoms with Gasteiger partial charge in [0.05, 0.1) is 6.54 Å². The third kappa shape index (κ3) is 3.92. The van der Waals surface area contributed by atoms with E-state index in [4.69, 9.17) is 4.74 Å². The lowest BCUT2D eigenvalue weighted by Gasteiger charge is -2.14. The number of ketones is 1. The third-order valence-electron chi connectivity index (χ3n) is 3.35. The largest absolute Gasteiger partial charge is 0.488 e. The van der Waals surface area contributed by atoms with Gasteiger partial charge in [-0.25, -0.2) is 0 Å². The quantitative estimate of drug-likeness (QED) is 0.827. The Morgan fingerprint density at radius 1 is 1.10 bits per heavy atom. The van der Waals surface area contributed by atoms with Crippen LogP contribution in [0.25, 0.3) is 0 Å². The van der Waals surface area contributed by atoms with Gasteiger partial charge in [-0.15, -0.1) is 0 Å². The Bertz CT molecular complexity index is 597. The number of benzene rings is 2. The van der Waals surface area contributed by atoms with Crippen molar-refractivity contribution in [3.05, 3.63) is 64.7 Å². The van der Waals surface area contributed by atoms with Crippen LogP contribution in [-0.2, 0) is 6.61 Å². The average Bonchev–Trinajstić information content (AvgIpc) is 2.47. The first-order valence-corrected chi connectivity index (χ1v) is 7.07. The van der Waals surface area contributed by atoms with E-state index in [1.54, 1.807) is 7.05 Å². The molecule has 0 radical (unpaired) electrons. The topological polar surface area (TPSA) is 38.3 Å². The maximum atomic E-state index is 11.9. The zero-order valence-electron chi connectivity index (χ0n) is 12.8. The summed E-state index contributed by atoms with van der Waals surface area (Å²) in [4.78, 5) is 11.9. The van der Waals surface area contributed by atoms with Gasteiger partial charge in [0.1, 0.15) is 12.4 Å². The number of carbonyl (C=O) groups is 1. The van der Waals surface area contributed by atoms with Gasteiger partial charge in [-0.2, -0.15) is 0 Å². The molecular formula is C18H21NO2. The van der Waals surface area contributed by atoms with Crippen LogP contribution in [-0.4, -0.2) is 19.4 Å². The molecule has 0 fully saturated rings. The van der Waals surface area contributed by atoms with Crippen LogP contribution in [0.5, 0.6) is 5.75 Å². The monoisotopic (exact) mass is 283 g/mol. The van der Waals surface area contributed by atoms with Crippen LogP contribution in [0.15, 0.2) is 42.5 Å². The van der Waals surface area contributed by atoms with Gasteiger partial charge in [0.2, 0.25) is 0 Å². The number of carbonyl (C=O) groups excluding carboxylic acids is 1. The van der Waals surface area contributed by atoms with E-state index in [9.17, 15) is 4.79 Å². The number of rotatable bonds is 6. The number of Topliss-reactive ketones (excluding diaryl/α,β-unsaturated/α-hetero) is 1. The molecule has 0 bridgehead atoms. The minimum absolute atomic E-state index is 0.0957. The Morgan fingerprint density at radius 3 is 2.29 bits per heavy atom. The fourth-order valence-corrected chi connectivity index (χ4v) is 2.33. The zero-order chi connectivity index (χ0) is 15.2. The Hall–Kier alpha value is -2.13. The van der Waals surface area contributed by atoms with Crippen molar-refractivity contribution in [2.75, 3.05) is 13.6 Å². The lowest BCUT2D eigenvalue weighted by molar-refractivity contribution is 0.0993. The van der Waals surface area contributed by atoms with Crippen molar-refractivity contribution in [3.63, 3.8) is 0 Å². The van der Waals surface area contributed by atoms with Crippen molar-refractivity contribution < 1.29 is 9.53 Å². The first kappa shape index (κ1) is 15.3. The molecule has 2 aromatic rings. The summed E-state index contributed by atoms with van der Waals surface area (Å²) in [5.41, 5.74) is 3.84. The van der Waals surface area contributed by atoms with Crippen molar-refractivity contribution in [1.82, 2.24) is 5.32 Å². The lowest BCUT2D eigenvalue weighted by atomic mass is 10.0. The molecule has 0 heterocycles. The van der Waals surface area contributed by atoms with Gasteiger partial charge in [-0.1, -0.05) is 30.3 Å². The molecule has 0 aliphatic rings. The number of hydrogen-bond donors (Lipinski definition) is 1. The molecule has 2 aromatic carbocycles. The number of hydrogen-bond acceptors (Lipinski definition) is 3. The maximum absolute atomic E-state index is 11.9. The standard InChI is InChI=1S/C18H21NO2/c1-13-9-16(17(20)11-19-3)10-14(2)18(13)21-12-15-7-5-4-6-8-15/h4-10,19H,11-12H2,1-3H3. The van der Waals surface area contributed by atoms with E-state index in [1.165, 1.54) is 0 Å². The van der Waals surface area contributed by atoms with Crippen molar-refractivity contribution in [2.45, 2.75) is 20.5 Å². The summed E-state index contributed by atoms with van der Waals surface area (Å²) in [7, 11) is 1.77. The first-order chi connectivity index (χ1) is 10.1. The lowest BCUT2D eigenvalue weighted by Crippen LogP contribution is -2.18. The second kappa shape index (κ2) is 7.04. The number of ether oxygens (including phenoxy) is 1. The Kier molecular flexibility index (Phi) is 5.12. The molecule has 0 amide bonds. The molecule has 0 saturated heterocycles. The van der Waals surface area contributed by atoms with Crippen LogP contribution < -0.4 is 10.1 Å². The number of likely N-dealkylation sites (N-methyl/N-ethyl adjacent to an activating group) is 1. The molecule has 0 spiro atoms. The van der Waals surface area contributed by atoms with E-state index >= 15 is 0 Å². The molecule has 1 N–H and O–H groups in total.